The van der Waals surface area contributed by atoms with E-state index in [4.69, 9.17) is 38.0 Å². The summed E-state index contributed by atoms with van der Waals surface area (Å²) in [5.74, 6) is 1.11. The highest BCUT2D eigenvalue weighted by Gasteiger charge is 2.33. The quantitative estimate of drug-likeness (QED) is 0.648. The topological polar surface area (TPSA) is 107 Å². The average Bonchev–Trinajstić information content (AvgIpc) is 2.90. The van der Waals surface area contributed by atoms with Crippen molar-refractivity contribution in [2.24, 2.45) is 10.7 Å². The van der Waals surface area contributed by atoms with Crippen molar-refractivity contribution in [2.45, 2.75) is 23.6 Å². The van der Waals surface area contributed by atoms with Crippen LogP contribution in [-0.2, 0) is 0 Å². The number of hydrogen-bond donors (Lipinski definition) is 3. The molecule has 8 heteroatoms. The molecule has 0 amide bonds. The zero-order chi connectivity index (χ0) is 18.8. The molecule has 0 bridgehead atoms. The monoisotopic (exact) mass is 390 g/mol. The van der Waals surface area contributed by atoms with Crippen molar-refractivity contribution in [2.75, 3.05) is 18.9 Å². The van der Waals surface area contributed by atoms with Crippen LogP contribution in [0.25, 0.3) is 0 Å². The number of rotatable bonds is 6. The molecule has 0 aliphatic carbocycles. The maximum absolute atomic E-state index is 8.14. The first-order valence-electron chi connectivity index (χ1n) is 8.10. The molecule has 1 aliphatic heterocycles. The summed E-state index contributed by atoms with van der Waals surface area (Å²) < 4.78 is 11.6. The Morgan fingerprint density at radius 1 is 1.08 bits per heavy atom. The highest BCUT2D eigenvalue weighted by Crippen LogP contribution is 2.51. The average molecular weight is 391 g/mol. The summed E-state index contributed by atoms with van der Waals surface area (Å²) in [5.41, 5.74) is 13.8. The fourth-order valence-electron chi connectivity index (χ4n) is 2.69. The van der Waals surface area contributed by atoms with Gasteiger partial charge >= 0.3 is 0 Å². The molecule has 0 saturated heterocycles. The van der Waals surface area contributed by atoms with E-state index in [0.717, 1.165) is 4.90 Å². The zero-order valence-electron chi connectivity index (χ0n) is 14.4. The van der Waals surface area contributed by atoms with Crippen molar-refractivity contribution in [3.05, 3.63) is 40.4 Å². The van der Waals surface area contributed by atoms with Crippen LogP contribution in [0, 0.1) is 5.41 Å². The number of anilines is 1. The minimum Gasteiger partial charge on any atom is -0.492 e. The zero-order valence-corrected chi connectivity index (χ0v) is 16.0. The smallest absolute Gasteiger partial charge is 0.158 e. The molecule has 6 nitrogen and oxygen atoms in total. The second-order valence-electron chi connectivity index (χ2n) is 5.40. The van der Waals surface area contributed by atoms with Crippen LogP contribution in [0.4, 0.5) is 5.69 Å². The highest BCUT2D eigenvalue weighted by atomic mass is 35.5. The summed E-state index contributed by atoms with van der Waals surface area (Å²) in [4.78, 5) is 5.55. The number of nitrogens with zero attached hydrogens (tertiary/aromatic N) is 1. The van der Waals surface area contributed by atoms with Gasteiger partial charge in [0.25, 0.3) is 0 Å². The van der Waals surface area contributed by atoms with Gasteiger partial charge < -0.3 is 20.9 Å². The SMILES string of the molecule is CCOc1c(Cl)c(Sc2ccccc2N)c(OCC)c2c1C(=N)N=C2N. The Kier molecular flexibility index (Phi) is 5.29. The van der Waals surface area contributed by atoms with Crippen LogP contribution in [0.3, 0.4) is 0 Å². The predicted octanol–water partition coefficient (Wildman–Crippen LogP) is 3.92. The van der Waals surface area contributed by atoms with Gasteiger partial charge in [-0.25, -0.2) is 4.99 Å². The lowest BCUT2D eigenvalue weighted by atomic mass is 10.1. The largest absolute Gasteiger partial charge is 0.492 e. The van der Waals surface area contributed by atoms with Crippen molar-refractivity contribution in [1.29, 1.82) is 5.41 Å². The van der Waals surface area contributed by atoms with Crippen LogP contribution in [0.15, 0.2) is 39.0 Å². The van der Waals surface area contributed by atoms with E-state index in [1.165, 1.54) is 11.8 Å². The molecule has 0 radical (unpaired) electrons. The first kappa shape index (κ1) is 18.4. The van der Waals surface area contributed by atoms with Gasteiger partial charge in [-0.15, -0.1) is 0 Å². The molecule has 2 aromatic rings. The summed E-state index contributed by atoms with van der Waals surface area (Å²) >= 11 is 8.05. The van der Waals surface area contributed by atoms with Crippen LogP contribution < -0.4 is 20.9 Å². The number of halogens is 1. The van der Waals surface area contributed by atoms with E-state index in [0.29, 0.717) is 51.4 Å². The van der Waals surface area contributed by atoms with Crippen LogP contribution in [0.2, 0.25) is 5.02 Å². The number of nitrogens with one attached hydrogen (secondary N) is 1. The normalized spacial score (nSPS) is 12.7. The molecule has 26 heavy (non-hydrogen) atoms. The van der Waals surface area contributed by atoms with Gasteiger partial charge in [0.15, 0.2) is 11.6 Å². The lowest BCUT2D eigenvalue weighted by Crippen LogP contribution is -2.14. The molecule has 2 aromatic carbocycles. The molecule has 0 atom stereocenters. The Morgan fingerprint density at radius 2 is 1.73 bits per heavy atom. The van der Waals surface area contributed by atoms with Crippen LogP contribution >= 0.6 is 23.4 Å². The van der Waals surface area contributed by atoms with E-state index in [1.54, 1.807) is 0 Å². The summed E-state index contributed by atoms with van der Waals surface area (Å²) in [6, 6.07) is 7.48. The van der Waals surface area contributed by atoms with Crippen LogP contribution in [0.1, 0.15) is 25.0 Å². The van der Waals surface area contributed by atoms with Gasteiger partial charge in [-0.2, -0.15) is 0 Å². The van der Waals surface area contributed by atoms with Crippen molar-refractivity contribution in [3.8, 4) is 11.5 Å². The minimum absolute atomic E-state index is 0.0135. The number of fused-ring (bicyclic) bond motifs is 1. The molecular formula is C18H19ClN4O2S. The Hall–Kier alpha value is -2.38. The van der Waals surface area contributed by atoms with Crippen LogP contribution in [0.5, 0.6) is 11.5 Å². The third-order valence-electron chi connectivity index (χ3n) is 3.74. The molecule has 1 aliphatic rings. The van der Waals surface area contributed by atoms with Gasteiger partial charge in [0.1, 0.15) is 16.6 Å². The number of nitrogen functional groups attached to an aromatic ring is 1. The Morgan fingerprint density at radius 3 is 2.38 bits per heavy atom. The van der Waals surface area contributed by atoms with Crippen molar-refractivity contribution in [1.82, 2.24) is 0 Å². The van der Waals surface area contributed by atoms with Crippen molar-refractivity contribution < 1.29 is 9.47 Å². The summed E-state index contributed by atoms with van der Waals surface area (Å²) in [6.07, 6.45) is 0. The van der Waals surface area contributed by atoms with Gasteiger partial charge in [-0.1, -0.05) is 35.5 Å². The van der Waals surface area contributed by atoms with Gasteiger partial charge in [-0.3, -0.25) is 5.41 Å². The van der Waals surface area contributed by atoms with Gasteiger partial charge in [0.2, 0.25) is 0 Å². The summed E-state index contributed by atoms with van der Waals surface area (Å²) in [7, 11) is 0. The number of aliphatic imine (C=N–C) groups is 1. The lowest BCUT2D eigenvalue weighted by molar-refractivity contribution is 0.323. The standard InChI is InChI=1S/C18H19ClN4O2S/c1-3-24-14-11-12(18(22)23-17(11)21)15(25-4-2)16(13(14)19)26-10-8-6-5-7-9(10)20/h5-8H,3-4,20H2,1-2H3,(H3,21,22,23). The molecule has 136 valence electrons. The molecule has 5 N–H and O–H groups in total. The number of hydrogen-bond acceptors (Lipinski definition) is 6. The molecular weight excluding hydrogens is 372 g/mol. The summed E-state index contributed by atoms with van der Waals surface area (Å²) in [6.45, 7) is 4.53. The number of nitrogens with two attached hydrogens (primary N) is 2. The minimum atomic E-state index is 0.0135. The van der Waals surface area contributed by atoms with E-state index >= 15 is 0 Å². The second kappa shape index (κ2) is 7.47. The maximum Gasteiger partial charge on any atom is 0.158 e. The van der Waals surface area contributed by atoms with E-state index in [9.17, 15) is 0 Å². The molecule has 0 unspecified atom stereocenters. The third-order valence-corrected chi connectivity index (χ3v) is 5.40. The van der Waals surface area contributed by atoms with Crippen LogP contribution in [-0.4, -0.2) is 24.9 Å². The predicted molar refractivity (Wildman–Crippen MR) is 106 cm³/mol. The highest BCUT2D eigenvalue weighted by molar-refractivity contribution is 7.99. The molecule has 0 aromatic heterocycles. The Labute approximate surface area is 161 Å². The van der Waals surface area contributed by atoms with Crippen molar-refractivity contribution >= 4 is 40.7 Å². The number of benzene rings is 2. The van der Waals surface area contributed by atoms with E-state index in [-0.39, 0.29) is 11.7 Å². The fraction of sp³-hybridized carbons (Fsp3) is 0.222. The fourth-order valence-corrected chi connectivity index (χ4v) is 4.03. The molecule has 0 fully saturated rings. The van der Waals surface area contributed by atoms with Crippen molar-refractivity contribution in [3.63, 3.8) is 0 Å². The van der Waals surface area contributed by atoms with E-state index in [2.05, 4.69) is 4.99 Å². The number of amidine groups is 2. The molecule has 0 saturated carbocycles. The second-order valence-corrected chi connectivity index (χ2v) is 6.83. The van der Waals surface area contributed by atoms with Gasteiger partial charge in [-0.05, 0) is 26.0 Å². The number of para-hydroxylation sites is 1. The lowest BCUT2D eigenvalue weighted by Gasteiger charge is -2.20. The molecule has 3 rings (SSSR count). The van der Waals surface area contributed by atoms with Gasteiger partial charge in [0.05, 0.1) is 29.2 Å². The Balaban J connectivity index is 2.27. The molecule has 1 heterocycles. The maximum atomic E-state index is 8.14. The van der Waals surface area contributed by atoms with E-state index < -0.39 is 0 Å². The summed E-state index contributed by atoms with van der Waals surface area (Å²) in [5, 5.41) is 8.50. The molecule has 0 spiro atoms. The first-order chi connectivity index (χ1) is 12.5. The third kappa shape index (κ3) is 3.08. The number of ether oxygens (including phenoxy) is 2. The Bertz CT molecular complexity index is 915. The van der Waals surface area contributed by atoms with Gasteiger partial charge in [0, 0.05) is 10.6 Å². The van der Waals surface area contributed by atoms with E-state index in [1.807, 2.05) is 38.1 Å². The first-order valence-corrected chi connectivity index (χ1v) is 9.29.